The summed E-state index contributed by atoms with van der Waals surface area (Å²) in [6.45, 7) is 5.63. The highest BCUT2D eigenvalue weighted by Crippen LogP contribution is 2.16. The molecule has 0 aliphatic rings. The molecular formula is C20H25ClN2O2. The Kier molecular flexibility index (Phi) is 7.29. The first-order valence-electron chi connectivity index (χ1n) is 8.43. The molecule has 2 aromatic rings. The summed E-state index contributed by atoms with van der Waals surface area (Å²) < 4.78 is 5.44. The second-order valence-corrected chi connectivity index (χ2v) is 6.53. The number of carbonyl (C=O) groups excluding carboxylic acids is 1. The lowest BCUT2D eigenvalue weighted by molar-refractivity contribution is -0.122. The zero-order valence-electron chi connectivity index (χ0n) is 15.0. The van der Waals surface area contributed by atoms with Gasteiger partial charge in [0, 0.05) is 11.6 Å². The zero-order chi connectivity index (χ0) is 18.2. The number of rotatable bonds is 8. The van der Waals surface area contributed by atoms with Crippen molar-refractivity contribution in [2.24, 2.45) is 0 Å². The Labute approximate surface area is 154 Å². The van der Waals surface area contributed by atoms with Crippen molar-refractivity contribution < 1.29 is 9.53 Å². The monoisotopic (exact) mass is 360 g/mol. The minimum atomic E-state index is -0.0522. The van der Waals surface area contributed by atoms with Crippen molar-refractivity contribution in [3.63, 3.8) is 0 Å². The van der Waals surface area contributed by atoms with Gasteiger partial charge in [0.25, 0.3) is 0 Å². The van der Waals surface area contributed by atoms with E-state index in [2.05, 4.69) is 5.32 Å². The number of nitrogens with zero attached hydrogens (tertiary/aromatic N) is 1. The van der Waals surface area contributed by atoms with Gasteiger partial charge < -0.3 is 10.1 Å². The van der Waals surface area contributed by atoms with Gasteiger partial charge in [-0.2, -0.15) is 0 Å². The van der Waals surface area contributed by atoms with E-state index < -0.39 is 0 Å². The van der Waals surface area contributed by atoms with E-state index in [1.165, 1.54) is 0 Å². The summed E-state index contributed by atoms with van der Waals surface area (Å²) in [5.41, 5.74) is 2.18. The number of likely N-dealkylation sites (N-methyl/N-ethyl adjacent to an activating group) is 1. The van der Waals surface area contributed by atoms with Gasteiger partial charge in [-0.15, -0.1) is 0 Å². The quantitative estimate of drug-likeness (QED) is 0.772. The summed E-state index contributed by atoms with van der Waals surface area (Å²) in [6, 6.07) is 15.4. The van der Waals surface area contributed by atoms with Crippen molar-refractivity contribution in [3.8, 4) is 5.75 Å². The van der Waals surface area contributed by atoms with Gasteiger partial charge in [-0.05, 0) is 56.3 Å². The first-order chi connectivity index (χ1) is 12.0. The minimum absolute atomic E-state index is 0.00381. The number of halogens is 1. The van der Waals surface area contributed by atoms with Gasteiger partial charge in [0.2, 0.25) is 5.91 Å². The fourth-order valence-corrected chi connectivity index (χ4v) is 2.72. The third kappa shape index (κ3) is 6.40. The molecule has 0 aromatic heterocycles. The Morgan fingerprint density at radius 2 is 1.80 bits per heavy atom. The number of nitrogens with one attached hydrogen (secondary N) is 1. The molecule has 0 aliphatic carbocycles. The second-order valence-electron chi connectivity index (χ2n) is 6.09. The van der Waals surface area contributed by atoms with Crippen LogP contribution in [-0.2, 0) is 11.3 Å². The number of ether oxygens (including phenoxy) is 1. The van der Waals surface area contributed by atoms with E-state index >= 15 is 0 Å². The number of benzene rings is 2. The van der Waals surface area contributed by atoms with Crippen LogP contribution in [0, 0.1) is 0 Å². The van der Waals surface area contributed by atoms with Crippen LogP contribution in [0.5, 0.6) is 5.75 Å². The molecule has 4 nitrogen and oxygen atoms in total. The molecule has 0 saturated heterocycles. The fourth-order valence-electron chi connectivity index (χ4n) is 2.59. The fraction of sp³-hybridized carbons (Fsp3) is 0.350. The highest BCUT2D eigenvalue weighted by atomic mass is 35.5. The summed E-state index contributed by atoms with van der Waals surface area (Å²) in [4.78, 5) is 14.2. The van der Waals surface area contributed by atoms with Gasteiger partial charge in [0.15, 0.2) is 0 Å². The molecule has 2 rings (SSSR count). The van der Waals surface area contributed by atoms with E-state index in [1.54, 1.807) is 0 Å². The van der Waals surface area contributed by atoms with Crippen molar-refractivity contribution in [3.05, 3.63) is 64.7 Å². The van der Waals surface area contributed by atoms with Gasteiger partial charge in [0.1, 0.15) is 5.75 Å². The number of carbonyl (C=O) groups is 1. The van der Waals surface area contributed by atoms with E-state index in [1.807, 2.05) is 74.3 Å². The number of hydrogen-bond donors (Lipinski definition) is 1. The van der Waals surface area contributed by atoms with E-state index in [-0.39, 0.29) is 11.9 Å². The third-order valence-corrected chi connectivity index (χ3v) is 4.10. The van der Waals surface area contributed by atoms with Gasteiger partial charge in [-0.3, -0.25) is 9.69 Å². The lowest BCUT2D eigenvalue weighted by atomic mass is 10.1. The van der Waals surface area contributed by atoms with Crippen molar-refractivity contribution >= 4 is 17.5 Å². The van der Waals surface area contributed by atoms with E-state index in [0.717, 1.165) is 16.9 Å². The molecule has 1 amide bonds. The molecule has 0 saturated carbocycles. The smallest absolute Gasteiger partial charge is 0.234 e. The number of hydrogen-bond acceptors (Lipinski definition) is 3. The average Bonchev–Trinajstić information content (AvgIpc) is 2.57. The maximum Gasteiger partial charge on any atom is 0.234 e. The van der Waals surface area contributed by atoms with Crippen molar-refractivity contribution in [2.75, 3.05) is 20.2 Å². The zero-order valence-corrected chi connectivity index (χ0v) is 15.7. The van der Waals surface area contributed by atoms with Gasteiger partial charge >= 0.3 is 0 Å². The maximum absolute atomic E-state index is 12.2. The Morgan fingerprint density at radius 3 is 2.40 bits per heavy atom. The molecular weight excluding hydrogens is 336 g/mol. The van der Waals surface area contributed by atoms with Crippen molar-refractivity contribution in [1.29, 1.82) is 0 Å². The summed E-state index contributed by atoms with van der Waals surface area (Å²) in [5, 5.41) is 3.71. The van der Waals surface area contributed by atoms with Crippen LogP contribution in [0.15, 0.2) is 48.5 Å². The lowest BCUT2D eigenvalue weighted by Crippen LogP contribution is -2.36. The number of amides is 1. The maximum atomic E-state index is 12.2. The predicted molar refractivity (Wildman–Crippen MR) is 102 cm³/mol. The average molecular weight is 361 g/mol. The topological polar surface area (TPSA) is 41.6 Å². The highest BCUT2D eigenvalue weighted by Gasteiger charge is 2.12. The Hall–Kier alpha value is -2.04. The van der Waals surface area contributed by atoms with E-state index in [4.69, 9.17) is 16.3 Å². The van der Waals surface area contributed by atoms with Crippen molar-refractivity contribution in [1.82, 2.24) is 10.2 Å². The molecule has 0 unspecified atom stereocenters. The summed E-state index contributed by atoms with van der Waals surface area (Å²) in [7, 11) is 1.93. The van der Waals surface area contributed by atoms with Crippen LogP contribution in [-0.4, -0.2) is 31.0 Å². The lowest BCUT2D eigenvalue weighted by Gasteiger charge is -2.19. The van der Waals surface area contributed by atoms with Gasteiger partial charge in [-0.25, -0.2) is 0 Å². The Balaban J connectivity index is 1.81. The molecule has 2 aromatic carbocycles. The second kappa shape index (κ2) is 9.44. The van der Waals surface area contributed by atoms with Gasteiger partial charge in [0.05, 0.1) is 19.2 Å². The third-order valence-electron chi connectivity index (χ3n) is 3.85. The summed E-state index contributed by atoms with van der Waals surface area (Å²) in [5.74, 6) is 0.860. The molecule has 0 radical (unpaired) electrons. The van der Waals surface area contributed by atoms with Crippen LogP contribution in [0.1, 0.15) is 31.0 Å². The molecule has 0 aliphatic heterocycles. The Bertz CT molecular complexity index is 671. The molecule has 0 bridgehead atoms. The van der Waals surface area contributed by atoms with Crippen LogP contribution in [0.3, 0.4) is 0 Å². The largest absolute Gasteiger partial charge is 0.494 e. The normalized spacial score (nSPS) is 12.0. The van der Waals surface area contributed by atoms with Crippen LogP contribution in [0.4, 0.5) is 0 Å². The first kappa shape index (κ1) is 19.3. The van der Waals surface area contributed by atoms with Crippen LogP contribution in [0.25, 0.3) is 0 Å². The molecule has 134 valence electrons. The molecule has 25 heavy (non-hydrogen) atoms. The SMILES string of the molecule is CCOc1ccc(CN(C)CC(=O)N[C@@H](C)c2ccc(Cl)cc2)cc1. The Morgan fingerprint density at radius 1 is 1.16 bits per heavy atom. The van der Waals surface area contributed by atoms with Crippen molar-refractivity contribution in [2.45, 2.75) is 26.4 Å². The van der Waals surface area contributed by atoms with Gasteiger partial charge in [-0.1, -0.05) is 35.9 Å². The molecule has 0 heterocycles. The molecule has 0 spiro atoms. The van der Waals surface area contributed by atoms with E-state index in [9.17, 15) is 4.79 Å². The minimum Gasteiger partial charge on any atom is -0.494 e. The molecule has 1 atom stereocenters. The van der Waals surface area contributed by atoms with Crippen LogP contribution in [0.2, 0.25) is 5.02 Å². The first-order valence-corrected chi connectivity index (χ1v) is 8.81. The predicted octanol–water partition coefficient (Wildman–Crippen LogP) is 4.05. The standard InChI is InChI=1S/C20H25ClN2O2/c1-4-25-19-11-5-16(6-12-19)13-23(3)14-20(24)22-15(2)17-7-9-18(21)10-8-17/h5-12,15H,4,13-14H2,1-3H3,(H,22,24)/t15-/m0/s1. The van der Waals surface area contributed by atoms with Crippen LogP contribution < -0.4 is 10.1 Å². The molecule has 1 N–H and O–H groups in total. The van der Waals surface area contributed by atoms with E-state index in [0.29, 0.717) is 24.7 Å². The summed E-state index contributed by atoms with van der Waals surface area (Å²) in [6.07, 6.45) is 0. The summed E-state index contributed by atoms with van der Waals surface area (Å²) >= 11 is 5.89. The molecule has 5 heteroatoms. The molecule has 0 fully saturated rings. The van der Waals surface area contributed by atoms with Crippen LogP contribution >= 0.6 is 11.6 Å². The highest BCUT2D eigenvalue weighted by molar-refractivity contribution is 6.30.